The zero-order valence-corrected chi connectivity index (χ0v) is 17.1. The molecule has 0 bridgehead atoms. The molecular formula is C21H23N5O2S. The number of rotatable bonds is 5. The van der Waals surface area contributed by atoms with Gasteiger partial charge in [-0.1, -0.05) is 18.2 Å². The van der Waals surface area contributed by atoms with Crippen LogP contribution in [0.2, 0.25) is 0 Å². The number of nitrogens with zero attached hydrogens (tertiary/aromatic N) is 4. The van der Waals surface area contributed by atoms with E-state index in [1.54, 1.807) is 10.9 Å². The SMILES string of the molecule is CC(=O)NCC1CCCN(C(=O)c2csc(-c3cnn(-c4ccccc4)c3)n2)C1. The van der Waals surface area contributed by atoms with Crippen molar-refractivity contribution in [3.63, 3.8) is 0 Å². The monoisotopic (exact) mass is 409 g/mol. The van der Waals surface area contributed by atoms with E-state index in [2.05, 4.69) is 15.4 Å². The average molecular weight is 410 g/mol. The number of hydrogen-bond acceptors (Lipinski definition) is 5. The van der Waals surface area contributed by atoms with Gasteiger partial charge in [-0.2, -0.15) is 5.10 Å². The van der Waals surface area contributed by atoms with Crippen molar-refractivity contribution in [1.82, 2.24) is 25.0 Å². The summed E-state index contributed by atoms with van der Waals surface area (Å²) in [6, 6.07) is 9.87. The molecule has 1 aliphatic rings. The molecule has 1 aromatic carbocycles. The van der Waals surface area contributed by atoms with Crippen molar-refractivity contribution < 1.29 is 9.59 Å². The second kappa shape index (κ2) is 8.57. The fourth-order valence-corrected chi connectivity index (χ4v) is 4.30. The van der Waals surface area contributed by atoms with Crippen LogP contribution in [0.25, 0.3) is 16.3 Å². The molecule has 2 aromatic heterocycles. The second-order valence-corrected chi connectivity index (χ2v) is 8.10. The maximum Gasteiger partial charge on any atom is 0.273 e. The van der Waals surface area contributed by atoms with Gasteiger partial charge in [-0.15, -0.1) is 11.3 Å². The fraction of sp³-hybridized carbons (Fsp3) is 0.333. The first-order chi connectivity index (χ1) is 14.1. The summed E-state index contributed by atoms with van der Waals surface area (Å²) in [4.78, 5) is 30.5. The summed E-state index contributed by atoms with van der Waals surface area (Å²) < 4.78 is 1.80. The minimum atomic E-state index is -0.0459. The zero-order chi connectivity index (χ0) is 20.2. The third kappa shape index (κ3) is 4.54. The number of thiazole rings is 1. The van der Waals surface area contributed by atoms with E-state index in [0.29, 0.717) is 24.7 Å². The molecule has 1 fully saturated rings. The normalized spacial score (nSPS) is 16.6. The Labute approximate surface area is 173 Å². The lowest BCUT2D eigenvalue weighted by Gasteiger charge is -2.32. The zero-order valence-electron chi connectivity index (χ0n) is 16.2. The first kappa shape index (κ1) is 19.3. The van der Waals surface area contributed by atoms with Crippen LogP contribution in [0.3, 0.4) is 0 Å². The molecule has 0 aliphatic carbocycles. The van der Waals surface area contributed by atoms with E-state index in [0.717, 1.165) is 35.6 Å². The Balaban J connectivity index is 1.44. The van der Waals surface area contributed by atoms with Crippen molar-refractivity contribution in [2.75, 3.05) is 19.6 Å². The summed E-state index contributed by atoms with van der Waals surface area (Å²) in [6.07, 6.45) is 5.65. The lowest BCUT2D eigenvalue weighted by molar-refractivity contribution is -0.119. The summed E-state index contributed by atoms with van der Waals surface area (Å²) in [5.41, 5.74) is 2.34. The number of nitrogens with one attached hydrogen (secondary N) is 1. The number of likely N-dealkylation sites (tertiary alicyclic amines) is 1. The van der Waals surface area contributed by atoms with E-state index in [-0.39, 0.29) is 11.8 Å². The molecule has 1 N–H and O–H groups in total. The van der Waals surface area contributed by atoms with Crippen molar-refractivity contribution >= 4 is 23.2 Å². The molecular weight excluding hydrogens is 386 g/mol. The molecule has 1 aliphatic heterocycles. The highest BCUT2D eigenvalue weighted by Crippen LogP contribution is 2.26. The van der Waals surface area contributed by atoms with E-state index >= 15 is 0 Å². The third-order valence-electron chi connectivity index (χ3n) is 5.02. The first-order valence-electron chi connectivity index (χ1n) is 9.70. The van der Waals surface area contributed by atoms with Gasteiger partial charge in [-0.25, -0.2) is 9.67 Å². The average Bonchev–Trinajstić information content (AvgIpc) is 3.42. The largest absolute Gasteiger partial charge is 0.356 e. The van der Waals surface area contributed by atoms with Gasteiger partial charge in [-0.3, -0.25) is 9.59 Å². The molecule has 8 heteroatoms. The highest BCUT2D eigenvalue weighted by molar-refractivity contribution is 7.13. The molecule has 2 amide bonds. The summed E-state index contributed by atoms with van der Waals surface area (Å²) in [7, 11) is 0. The number of benzene rings is 1. The number of piperidine rings is 1. The van der Waals surface area contributed by atoms with Gasteiger partial charge >= 0.3 is 0 Å². The Morgan fingerprint density at radius 3 is 2.90 bits per heavy atom. The quantitative estimate of drug-likeness (QED) is 0.703. The van der Waals surface area contributed by atoms with Crippen molar-refractivity contribution in [2.45, 2.75) is 19.8 Å². The van der Waals surface area contributed by atoms with Gasteiger partial charge in [0.15, 0.2) is 0 Å². The van der Waals surface area contributed by atoms with Crippen LogP contribution < -0.4 is 5.32 Å². The highest BCUT2D eigenvalue weighted by atomic mass is 32.1. The van der Waals surface area contributed by atoms with Crippen molar-refractivity contribution in [1.29, 1.82) is 0 Å². The van der Waals surface area contributed by atoms with Crippen molar-refractivity contribution in [2.24, 2.45) is 5.92 Å². The predicted octanol–water partition coefficient (Wildman–Crippen LogP) is 2.98. The number of carbonyl (C=O) groups excluding carboxylic acids is 2. The topological polar surface area (TPSA) is 80.1 Å². The predicted molar refractivity (Wildman–Crippen MR) is 112 cm³/mol. The van der Waals surface area contributed by atoms with Crippen LogP contribution in [0.1, 0.15) is 30.3 Å². The van der Waals surface area contributed by atoms with Gasteiger partial charge in [-0.05, 0) is 30.9 Å². The van der Waals surface area contributed by atoms with Crippen molar-refractivity contribution in [3.05, 3.63) is 53.8 Å². The Morgan fingerprint density at radius 1 is 1.28 bits per heavy atom. The van der Waals surface area contributed by atoms with Crippen LogP contribution in [-0.4, -0.2) is 51.1 Å². The summed E-state index contributed by atoms with van der Waals surface area (Å²) >= 11 is 1.45. The molecule has 1 saturated heterocycles. The number of hydrogen-bond donors (Lipinski definition) is 1. The molecule has 3 aromatic rings. The third-order valence-corrected chi connectivity index (χ3v) is 5.91. The minimum Gasteiger partial charge on any atom is -0.356 e. The minimum absolute atomic E-state index is 0.0337. The Bertz CT molecular complexity index is 997. The standard InChI is InChI=1S/C21H23N5O2S/c1-15(27)22-10-16-6-5-9-25(12-16)21(28)19-14-29-20(24-19)17-11-23-26(13-17)18-7-3-2-4-8-18/h2-4,7-8,11,13-14,16H,5-6,9-10,12H2,1H3,(H,22,27). The molecule has 150 valence electrons. The van der Waals surface area contributed by atoms with Crippen LogP contribution >= 0.6 is 11.3 Å². The maximum atomic E-state index is 12.9. The Morgan fingerprint density at radius 2 is 2.10 bits per heavy atom. The number of aromatic nitrogens is 3. The van der Waals surface area contributed by atoms with E-state index in [4.69, 9.17) is 0 Å². The summed E-state index contributed by atoms with van der Waals surface area (Å²) in [6.45, 7) is 3.51. The van der Waals surface area contributed by atoms with Gasteiger partial charge in [0.05, 0.1) is 11.9 Å². The summed E-state index contributed by atoms with van der Waals surface area (Å²) in [5, 5.41) is 9.86. The molecule has 0 spiro atoms. The molecule has 1 atom stereocenters. The second-order valence-electron chi connectivity index (χ2n) is 7.24. The molecule has 1 unspecified atom stereocenters. The Kier molecular flexibility index (Phi) is 5.71. The highest BCUT2D eigenvalue weighted by Gasteiger charge is 2.26. The van der Waals surface area contributed by atoms with E-state index in [9.17, 15) is 9.59 Å². The smallest absolute Gasteiger partial charge is 0.273 e. The number of para-hydroxylation sites is 1. The maximum absolute atomic E-state index is 12.9. The van der Waals surface area contributed by atoms with Gasteiger partial charge in [0, 0.05) is 43.7 Å². The number of amides is 2. The molecule has 4 rings (SSSR count). The fourth-order valence-electron chi connectivity index (χ4n) is 3.53. The Hall–Kier alpha value is -3.00. The van der Waals surface area contributed by atoms with Crippen LogP contribution in [0, 0.1) is 5.92 Å². The van der Waals surface area contributed by atoms with Crippen LogP contribution in [-0.2, 0) is 4.79 Å². The molecule has 0 radical (unpaired) electrons. The number of carbonyl (C=O) groups is 2. The molecule has 0 saturated carbocycles. The van der Waals surface area contributed by atoms with Gasteiger partial charge < -0.3 is 10.2 Å². The van der Waals surface area contributed by atoms with Crippen LogP contribution in [0.4, 0.5) is 0 Å². The van der Waals surface area contributed by atoms with Crippen molar-refractivity contribution in [3.8, 4) is 16.3 Å². The van der Waals surface area contributed by atoms with Crippen LogP contribution in [0.15, 0.2) is 48.1 Å². The van der Waals surface area contributed by atoms with E-state index in [1.807, 2.05) is 46.8 Å². The van der Waals surface area contributed by atoms with Gasteiger partial charge in [0.25, 0.3) is 5.91 Å². The van der Waals surface area contributed by atoms with E-state index < -0.39 is 0 Å². The molecule has 7 nitrogen and oxygen atoms in total. The lowest BCUT2D eigenvalue weighted by atomic mass is 9.97. The first-order valence-corrected chi connectivity index (χ1v) is 10.6. The van der Waals surface area contributed by atoms with Gasteiger partial charge in [0.1, 0.15) is 10.7 Å². The van der Waals surface area contributed by atoms with Gasteiger partial charge in [0.2, 0.25) is 5.91 Å². The molecule has 3 heterocycles. The summed E-state index contributed by atoms with van der Waals surface area (Å²) in [5.74, 6) is 0.211. The van der Waals surface area contributed by atoms with Crippen LogP contribution in [0.5, 0.6) is 0 Å². The lowest BCUT2D eigenvalue weighted by Crippen LogP contribution is -2.43. The van der Waals surface area contributed by atoms with E-state index in [1.165, 1.54) is 18.3 Å². The molecule has 29 heavy (non-hydrogen) atoms.